The lowest BCUT2D eigenvalue weighted by molar-refractivity contribution is -0.133. The number of amides is 1. The molecule has 0 aromatic heterocycles. The first-order chi connectivity index (χ1) is 15.9. The lowest BCUT2D eigenvalue weighted by Crippen LogP contribution is -2.52. The Balaban J connectivity index is 1.25. The largest absolute Gasteiger partial charge is 0.339 e. The van der Waals surface area contributed by atoms with Crippen molar-refractivity contribution in [1.82, 2.24) is 19.0 Å². The molecular weight excluding hydrogens is 460 g/mol. The number of carbonyl (C=O) groups is 1. The van der Waals surface area contributed by atoms with Crippen LogP contribution in [0.1, 0.15) is 12.0 Å². The van der Waals surface area contributed by atoms with Crippen molar-refractivity contribution in [2.75, 3.05) is 58.9 Å². The van der Waals surface area contributed by atoms with Crippen LogP contribution >= 0.6 is 11.6 Å². The van der Waals surface area contributed by atoms with E-state index in [1.54, 1.807) is 17.0 Å². The topological polar surface area (TPSA) is 64.2 Å². The Kier molecular flexibility index (Phi) is 8.03. The van der Waals surface area contributed by atoms with E-state index in [1.807, 2.05) is 6.07 Å². The Morgan fingerprint density at radius 1 is 0.788 bits per heavy atom. The highest BCUT2D eigenvalue weighted by molar-refractivity contribution is 7.89. The minimum absolute atomic E-state index is 0.0788. The van der Waals surface area contributed by atoms with Gasteiger partial charge in [-0.25, -0.2) is 8.42 Å². The molecule has 178 valence electrons. The summed E-state index contributed by atoms with van der Waals surface area (Å²) in [6, 6.07) is 16.7. The molecule has 33 heavy (non-hydrogen) atoms. The van der Waals surface area contributed by atoms with Gasteiger partial charge in [0.15, 0.2) is 0 Å². The van der Waals surface area contributed by atoms with Crippen LogP contribution in [0.3, 0.4) is 0 Å². The quantitative estimate of drug-likeness (QED) is 0.622. The zero-order valence-corrected chi connectivity index (χ0v) is 20.3. The SMILES string of the molecule is O=C(CN1CCCN(Cc2ccccc2)CC1)N1CCN(S(=O)(=O)c2ccc(Cl)cc2)CC1. The molecule has 0 spiro atoms. The van der Waals surface area contributed by atoms with Gasteiger partial charge in [-0.15, -0.1) is 0 Å². The summed E-state index contributed by atoms with van der Waals surface area (Å²) in [4.78, 5) is 19.6. The zero-order chi connectivity index (χ0) is 23.3. The van der Waals surface area contributed by atoms with Crippen molar-refractivity contribution in [3.63, 3.8) is 0 Å². The third-order valence-corrected chi connectivity index (χ3v) is 8.50. The third-order valence-electron chi connectivity index (χ3n) is 6.33. The predicted octanol–water partition coefficient (Wildman–Crippen LogP) is 2.38. The minimum Gasteiger partial charge on any atom is -0.339 e. The molecule has 7 nitrogen and oxygen atoms in total. The van der Waals surface area contributed by atoms with Crippen LogP contribution in [-0.4, -0.2) is 92.2 Å². The molecule has 0 saturated carbocycles. The number of piperazine rings is 1. The number of benzene rings is 2. The summed E-state index contributed by atoms with van der Waals surface area (Å²) >= 11 is 5.88. The highest BCUT2D eigenvalue weighted by Crippen LogP contribution is 2.20. The summed E-state index contributed by atoms with van der Waals surface area (Å²) in [6.45, 7) is 6.51. The summed E-state index contributed by atoms with van der Waals surface area (Å²) in [7, 11) is -3.57. The van der Waals surface area contributed by atoms with Crippen LogP contribution in [0.5, 0.6) is 0 Å². The van der Waals surface area contributed by atoms with E-state index in [-0.39, 0.29) is 10.8 Å². The second-order valence-corrected chi connectivity index (χ2v) is 11.0. The van der Waals surface area contributed by atoms with E-state index in [9.17, 15) is 13.2 Å². The van der Waals surface area contributed by atoms with Crippen molar-refractivity contribution >= 4 is 27.5 Å². The highest BCUT2D eigenvalue weighted by atomic mass is 35.5. The van der Waals surface area contributed by atoms with Crippen molar-refractivity contribution in [2.45, 2.75) is 17.9 Å². The zero-order valence-electron chi connectivity index (χ0n) is 18.8. The molecular formula is C24H31ClN4O3S. The van der Waals surface area contributed by atoms with Gasteiger partial charge in [-0.2, -0.15) is 4.31 Å². The van der Waals surface area contributed by atoms with Gasteiger partial charge >= 0.3 is 0 Å². The Bertz CT molecular complexity index is 1030. The van der Waals surface area contributed by atoms with Gasteiger partial charge in [-0.3, -0.25) is 14.6 Å². The average molecular weight is 491 g/mol. The number of halogens is 1. The van der Waals surface area contributed by atoms with Crippen LogP contribution < -0.4 is 0 Å². The van der Waals surface area contributed by atoms with Crippen molar-refractivity contribution < 1.29 is 13.2 Å². The maximum atomic E-state index is 12.9. The van der Waals surface area contributed by atoms with Gasteiger partial charge < -0.3 is 4.90 Å². The summed E-state index contributed by atoms with van der Waals surface area (Å²) in [5.41, 5.74) is 1.31. The monoisotopic (exact) mass is 490 g/mol. The van der Waals surface area contributed by atoms with Gasteiger partial charge in [0.1, 0.15) is 0 Å². The molecule has 2 aliphatic rings. The van der Waals surface area contributed by atoms with Gasteiger partial charge in [0.2, 0.25) is 15.9 Å². The van der Waals surface area contributed by atoms with Crippen molar-refractivity contribution in [3.05, 3.63) is 65.2 Å². The Morgan fingerprint density at radius 2 is 1.42 bits per heavy atom. The molecule has 0 aliphatic carbocycles. The molecule has 0 unspecified atom stereocenters. The molecule has 2 fully saturated rings. The van der Waals surface area contributed by atoms with Crippen molar-refractivity contribution in [3.8, 4) is 0 Å². The molecule has 0 radical (unpaired) electrons. The number of hydrogen-bond donors (Lipinski definition) is 0. The summed E-state index contributed by atoms with van der Waals surface area (Å²) in [5, 5.41) is 0.501. The third kappa shape index (κ3) is 6.33. The molecule has 2 heterocycles. The van der Waals surface area contributed by atoms with Gasteiger partial charge in [0.05, 0.1) is 11.4 Å². The van der Waals surface area contributed by atoms with Crippen LogP contribution in [-0.2, 0) is 21.4 Å². The fourth-order valence-corrected chi connectivity index (χ4v) is 5.96. The fraction of sp³-hybridized carbons (Fsp3) is 0.458. The molecule has 0 bridgehead atoms. The second-order valence-electron chi connectivity index (χ2n) is 8.63. The van der Waals surface area contributed by atoms with Crippen molar-refractivity contribution in [1.29, 1.82) is 0 Å². The first kappa shape index (κ1) is 24.2. The Morgan fingerprint density at radius 3 is 2.12 bits per heavy atom. The summed E-state index contributed by atoms with van der Waals surface area (Å²) in [6.07, 6.45) is 1.03. The standard InChI is InChI=1S/C24H31ClN4O3S/c25-22-7-9-23(10-8-22)33(31,32)29-17-15-28(16-18-29)24(30)20-27-12-4-11-26(13-14-27)19-21-5-2-1-3-6-21/h1-3,5-10H,4,11-20H2. The van der Waals surface area contributed by atoms with E-state index in [0.717, 1.165) is 39.1 Å². The van der Waals surface area contributed by atoms with Crippen molar-refractivity contribution in [2.24, 2.45) is 0 Å². The van der Waals surface area contributed by atoms with Crippen LogP contribution in [0, 0.1) is 0 Å². The van der Waals surface area contributed by atoms with E-state index in [2.05, 4.69) is 34.1 Å². The minimum atomic E-state index is -3.57. The van der Waals surface area contributed by atoms with Gasteiger partial charge in [0, 0.05) is 50.8 Å². The van der Waals surface area contributed by atoms with Gasteiger partial charge in [0.25, 0.3) is 0 Å². The number of rotatable bonds is 6. The van der Waals surface area contributed by atoms with Gasteiger partial charge in [-0.1, -0.05) is 41.9 Å². The lowest BCUT2D eigenvalue weighted by atomic mass is 10.2. The maximum absolute atomic E-state index is 12.9. The molecule has 2 aromatic rings. The van der Waals surface area contributed by atoms with E-state index >= 15 is 0 Å². The van der Waals surface area contributed by atoms with E-state index < -0.39 is 10.0 Å². The van der Waals surface area contributed by atoms with E-state index in [1.165, 1.54) is 22.0 Å². The van der Waals surface area contributed by atoms with E-state index in [4.69, 9.17) is 11.6 Å². The molecule has 4 rings (SSSR count). The Labute approximate surface area is 201 Å². The lowest BCUT2D eigenvalue weighted by Gasteiger charge is -2.35. The highest BCUT2D eigenvalue weighted by Gasteiger charge is 2.30. The molecule has 2 aliphatic heterocycles. The molecule has 0 atom stereocenters. The average Bonchev–Trinajstić information content (AvgIpc) is 3.05. The Hall–Kier alpha value is -1.97. The number of sulfonamides is 1. The summed E-state index contributed by atoms with van der Waals surface area (Å²) in [5.74, 6) is 0.0788. The fourth-order valence-electron chi connectivity index (χ4n) is 4.41. The second kappa shape index (κ2) is 11.0. The first-order valence-electron chi connectivity index (χ1n) is 11.4. The van der Waals surface area contributed by atoms with E-state index in [0.29, 0.717) is 37.7 Å². The van der Waals surface area contributed by atoms with Crippen LogP contribution in [0.15, 0.2) is 59.5 Å². The predicted molar refractivity (Wildman–Crippen MR) is 130 cm³/mol. The number of nitrogens with zero attached hydrogens (tertiary/aromatic N) is 4. The molecule has 0 N–H and O–H groups in total. The van der Waals surface area contributed by atoms with Crippen LogP contribution in [0.25, 0.3) is 0 Å². The number of carbonyl (C=O) groups excluding carboxylic acids is 1. The van der Waals surface area contributed by atoms with Gasteiger partial charge in [-0.05, 0) is 49.3 Å². The molecule has 2 aromatic carbocycles. The maximum Gasteiger partial charge on any atom is 0.243 e. The number of hydrogen-bond acceptors (Lipinski definition) is 5. The molecule has 1 amide bonds. The molecule has 2 saturated heterocycles. The van der Waals surface area contributed by atoms with Crippen LogP contribution in [0.2, 0.25) is 5.02 Å². The normalized spacial score (nSPS) is 19.4. The summed E-state index contributed by atoms with van der Waals surface area (Å²) < 4.78 is 27.2. The smallest absolute Gasteiger partial charge is 0.243 e. The first-order valence-corrected chi connectivity index (χ1v) is 13.3. The van der Waals surface area contributed by atoms with Crippen LogP contribution in [0.4, 0.5) is 0 Å². The molecule has 9 heteroatoms.